The average Bonchev–Trinajstić information content (AvgIpc) is 2.36. The molecule has 1 unspecified atom stereocenters. The number of carboxylic acids is 1. The van der Waals surface area contributed by atoms with Gasteiger partial charge in [0.2, 0.25) is 0 Å². The van der Waals surface area contributed by atoms with Gasteiger partial charge in [0.05, 0.1) is 17.3 Å². The Labute approximate surface area is 125 Å². The van der Waals surface area contributed by atoms with E-state index in [0.717, 1.165) is 30.9 Å². The number of carboxylic acid groups (broad SMARTS) is 1. The number of aryl methyl sites for hydroxylation is 1. The molecule has 5 nitrogen and oxygen atoms in total. The zero-order chi connectivity index (χ0) is 15.6. The van der Waals surface area contributed by atoms with Gasteiger partial charge in [-0.15, -0.1) is 0 Å². The molecule has 5 heteroatoms. The van der Waals surface area contributed by atoms with E-state index < -0.39 is 5.97 Å². The predicted octanol–water partition coefficient (Wildman–Crippen LogP) is 2.74. The van der Waals surface area contributed by atoms with Crippen LogP contribution < -0.4 is 4.90 Å². The van der Waals surface area contributed by atoms with Crippen molar-refractivity contribution in [3.8, 4) is 0 Å². The number of carbonyl (C=O) groups is 1. The molecule has 116 valence electrons. The fourth-order valence-electron chi connectivity index (χ4n) is 2.87. The maximum atomic E-state index is 11.3. The van der Waals surface area contributed by atoms with E-state index in [1.54, 1.807) is 12.1 Å². The molecule has 0 bridgehead atoms. The first kappa shape index (κ1) is 15.8. The van der Waals surface area contributed by atoms with E-state index in [-0.39, 0.29) is 11.7 Å². The average molecular weight is 292 g/mol. The molecule has 1 aromatic heterocycles. The molecule has 1 fully saturated rings. The van der Waals surface area contributed by atoms with Crippen molar-refractivity contribution in [2.24, 2.45) is 0 Å². The summed E-state index contributed by atoms with van der Waals surface area (Å²) < 4.78 is 5.90. The van der Waals surface area contributed by atoms with Gasteiger partial charge in [0.25, 0.3) is 0 Å². The lowest BCUT2D eigenvalue weighted by atomic mass is 10.0. The van der Waals surface area contributed by atoms with Gasteiger partial charge in [0, 0.05) is 18.8 Å². The molecule has 0 radical (unpaired) electrons. The van der Waals surface area contributed by atoms with E-state index in [4.69, 9.17) is 4.74 Å². The largest absolute Gasteiger partial charge is 0.478 e. The number of hydrogen-bond donors (Lipinski definition) is 1. The third-order valence-electron chi connectivity index (χ3n) is 3.51. The van der Waals surface area contributed by atoms with Crippen LogP contribution in [0.15, 0.2) is 12.1 Å². The Morgan fingerprint density at radius 2 is 2.24 bits per heavy atom. The molecule has 1 aliphatic rings. The molecule has 1 saturated heterocycles. The lowest BCUT2D eigenvalue weighted by molar-refractivity contribution is -0.0751. The van der Waals surface area contributed by atoms with Crippen molar-refractivity contribution >= 4 is 11.8 Å². The molecular weight excluding hydrogens is 268 g/mol. The molecule has 0 aromatic carbocycles. The summed E-state index contributed by atoms with van der Waals surface area (Å²) >= 11 is 0. The molecule has 2 heterocycles. The topological polar surface area (TPSA) is 62.7 Å². The Morgan fingerprint density at radius 1 is 1.52 bits per heavy atom. The first-order valence-corrected chi connectivity index (χ1v) is 7.48. The highest BCUT2D eigenvalue weighted by molar-refractivity contribution is 5.88. The van der Waals surface area contributed by atoms with Crippen LogP contribution in [0, 0.1) is 0 Å². The summed E-state index contributed by atoms with van der Waals surface area (Å²) in [6.07, 6.45) is 1.83. The smallest absolute Gasteiger partial charge is 0.335 e. The van der Waals surface area contributed by atoms with E-state index in [0.29, 0.717) is 12.1 Å². The van der Waals surface area contributed by atoms with Crippen LogP contribution in [-0.2, 0) is 11.2 Å². The van der Waals surface area contributed by atoms with Crippen molar-refractivity contribution in [2.45, 2.75) is 52.2 Å². The molecule has 21 heavy (non-hydrogen) atoms. The van der Waals surface area contributed by atoms with Gasteiger partial charge < -0.3 is 14.7 Å². The summed E-state index contributed by atoms with van der Waals surface area (Å²) in [5, 5.41) is 9.28. The molecule has 2 rings (SSSR count). The van der Waals surface area contributed by atoms with Gasteiger partial charge in [-0.1, -0.05) is 13.3 Å². The highest BCUT2D eigenvalue weighted by Gasteiger charge is 2.32. The molecule has 1 aliphatic heterocycles. The number of anilines is 1. The quantitative estimate of drug-likeness (QED) is 0.924. The van der Waals surface area contributed by atoms with Gasteiger partial charge in [-0.05, 0) is 39.3 Å². The summed E-state index contributed by atoms with van der Waals surface area (Å²) in [5.41, 5.74) is 0.883. The van der Waals surface area contributed by atoms with Gasteiger partial charge >= 0.3 is 5.97 Å². The first-order valence-electron chi connectivity index (χ1n) is 7.48. The van der Waals surface area contributed by atoms with Crippen LogP contribution in [0.1, 0.15) is 50.2 Å². The second kappa shape index (κ2) is 6.02. The van der Waals surface area contributed by atoms with Crippen molar-refractivity contribution in [1.82, 2.24) is 4.98 Å². The van der Waals surface area contributed by atoms with Crippen molar-refractivity contribution in [2.75, 3.05) is 18.0 Å². The summed E-state index contributed by atoms with van der Waals surface area (Å²) in [7, 11) is 0. The first-order chi connectivity index (χ1) is 9.80. The minimum absolute atomic E-state index is 0.0960. The van der Waals surface area contributed by atoms with Crippen LogP contribution >= 0.6 is 0 Å². The fourth-order valence-corrected chi connectivity index (χ4v) is 2.87. The van der Waals surface area contributed by atoms with Crippen LogP contribution in [0.2, 0.25) is 0 Å². The van der Waals surface area contributed by atoms with Crippen LogP contribution in [0.4, 0.5) is 5.82 Å². The van der Waals surface area contributed by atoms with Gasteiger partial charge in [0.15, 0.2) is 0 Å². The molecule has 0 saturated carbocycles. The van der Waals surface area contributed by atoms with Gasteiger partial charge in [-0.3, -0.25) is 0 Å². The summed E-state index contributed by atoms with van der Waals surface area (Å²) in [5.74, 6) is -0.168. The molecule has 0 aliphatic carbocycles. The van der Waals surface area contributed by atoms with Crippen molar-refractivity contribution in [1.29, 1.82) is 0 Å². The number of aromatic carboxylic acids is 1. The minimum Gasteiger partial charge on any atom is -0.478 e. The Morgan fingerprint density at radius 3 is 2.81 bits per heavy atom. The maximum absolute atomic E-state index is 11.3. The molecule has 0 spiro atoms. The van der Waals surface area contributed by atoms with Crippen molar-refractivity contribution in [3.63, 3.8) is 0 Å². The van der Waals surface area contributed by atoms with E-state index in [1.807, 2.05) is 20.8 Å². The second-order valence-corrected chi connectivity index (χ2v) is 6.33. The Hall–Kier alpha value is -1.62. The zero-order valence-electron chi connectivity index (χ0n) is 13.2. The Kier molecular flexibility index (Phi) is 4.52. The SMILES string of the molecule is CCCc1cc(C(=O)O)cc(N2CC(C)OC(C)(C)C2)n1. The van der Waals surface area contributed by atoms with Crippen LogP contribution in [0.3, 0.4) is 0 Å². The Bertz CT molecular complexity index is 528. The normalized spacial score (nSPS) is 21.3. The molecular formula is C16H24N2O3. The minimum atomic E-state index is -0.906. The number of ether oxygens (including phenoxy) is 1. The molecule has 0 amide bonds. The van der Waals surface area contributed by atoms with Gasteiger partial charge in [-0.25, -0.2) is 9.78 Å². The zero-order valence-corrected chi connectivity index (χ0v) is 13.2. The van der Waals surface area contributed by atoms with Gasteiger partial charge in [-0.2, -0.15) is 0 Å². The number of nitrogens with zero attached hydrogens (tertiary/aromatic N) is 2. The number of aromatic nitrogens is 1. The molecule has 1 N–H and O–H groups in total. The van der Waals surface area contributed by atoms with E-state index >= 15 is 0 Å². The van der Waals surface area contributed by atoms with Crippen molar-refractivity contribution < 1.29 is 14.6 Å². The highest BCUT2D eigenvalue weighted by atomic mass is 16.5. The van der Waals surface area contributed by atoms with Crippen LogP contribution in [-0.4, -0.2) is 40.9 Å². The lowest BCUT2D eigenvalue weighted by Gasteiger charge is -2.42. The van der Waals surface area contributed by atoms with E-state index in [2.05, 4.69) is 16.8 Å². The third-order valence-corrected chi connectivity index (χ3v) is 3.51. The van der Waals surface area contributed by atoms with E-state index in [9.17, 15) is 9.90 Å². The second-order valence-electron chi connectivity index (χ2n) is 6.33. The Balaban J connectivity index is 2.35. The molecule has 1 atom stereocenters. The number of morpholine rings is 1. The summed E-state index contributed by atoms with van der Waals surface area (Å²) in [4.78, 5) is 18.1. The molecule has 1 aromatic rings. The number of pyridine rings is 1. The number of rotatable bonds is 4. The van der Waals surface area contributed by atoms with Crippen LogP contribution in [0.5, 0.6) is 0 Å². The standard InChI is InChI=1S/C16H24N2O3/c1-5-6-13-7-12(15(19)20)8-14(17-13)18-9-11(2)21-16(3,4)10-18/h7-8,11H,5-6,9-10H2,1-4H3,(H,19,20). The summed E-state index contributed by atoms with van der Waals surface area (Å²) in [6.45, 7) is 9.62. The lowest BCUT2D eigenvalue weighted by Crippen LogP contribution is -2.52. The monoisotopic (exact) mass is 292 g/mol. The van der Waals surface area contributed by atoms with Gasteiger partial charge in [0.1, 0.15) is 5.82 Å². The fraction of sp³-hybridized carbons (Fsp3) is 0.625. The van der Waals surface area contributed by atoms with Crippen LogP contribution in [0.25, 0.3) is 0 Å². The predicted molar refractivity (Wildman–Crippen MR) is 82.0 cm³/mol. The van der Waals surface area contributed by atoms with E-state index in [1.165, 1.54) is 0 Å². The number of hydrogen-bond acceptors (Lipinski definition) is 4. The third kappa shape index (κ3) is 3.94. The van der Waals surface area contributed by atoms with Crippen molar-refractivity contribution in [3.05, 3.63) is 23.4 Å². The summed E-state index contributed by atoms with van der Waals surface area (Å²) in [6, 6.07) is 3.33. The highest BCUT2D eigenvalue weighted by Crippen LogP contribution is 2.26. The maximum Gasteiger partial charge on any atom is 0.335 e.